The number of hydrogen-bond acceptors (Lipinski definition) is 4. The van der Waals surface area contributed by atoms with E-state index in [1.807, 2.05) is 6.26 Å². The third kappa shape index (κ3) is 6.79. The predicted octanol–water partition coefficient (Wildman–Crippen LogP) is 2.09. The first kappa shape index (κ1) is 18.8. The second-order valence-electron chi connectivity index (χ2n) is 4.14. The fourth-order valence-electron chi connectivity index (χ4n) is 1.45. The van der Waals surface area contributed by atoms with Gasteiger partial charge in [-0.1, -0.05) is 0 Å². The van der Waals surface area contributed by atoms with E-state index in [0.29, 0.717) is 17.8 Å². The predicted molar refractivity (Wildman–Crippen MR) is 87.6 cm³/mol. The molecule has 0 radical (unpaired) electrons. The van der Waals surface area contributed by atoms with Crippen molar-refractivity contribution in [3.8, 4) is 0 Å². The lowest BCUT2D eigenvalue weighted by Gasteiger charge is -2.12. The lowest BCUT2D eigenvalue weighted by atomic mass is 10.2. The number of halogens is 1. The van der Waals surface area contributed by atoms with Crippen molar-refractivity contribution in [1.82, 2.24) is 0 Å². The van der Waals surface area contributed by atoms with Crippen molar-refractivity contribution in [3.05, 3.63) is 24.3 Å². The van der Waals surface area contributed by atoms with Crippen molar-refractivity contribution >= 4 is 47.4 Å². The molecule has 1 atom stereocenters. The highest BCUT2D eigenvalue weighted by atomic mass is 35.5. The van der Waals surface area contributed by atoms with Gasteiger partial charge in [-0.3, -0.25) is 9.59 Å². The Morgan fingerprint density at radius 1 is 1.20 bits per heavy atom. The largest absolute Gasteiger partial charge is 0.326 e. The molecule has 4 N–H and O–H groups in total. The van der Waals surface area contributed by atoms with Gasteiger partial charge in [0.1, 0.15) is 0 Å². The highest BCUT2D eigenvalue weighted by Gasteiger charge is 2.12. The summed E-state index contributed by atoms with van der Waals surface area (Å²) in [5, 5.41) is 5.40. The van der Waals surface area contributed by atoms with Gasteiger partial charge in [-0.2, -0.15) is 11.8 Å². The number of anilines is 2. The molecular weight excluding hydrogens is 298 g/mol. The number of amides is 2. The van der Waals surface area contributed by atoms with Gasteiger partial charge in [-0.25, -0.2) is 0 Å². The summed E-state index contributed by atoms with van der Waals surface area (Å²) < 4.78 is 0. The van der Waals surface area contributed by atoms with Crippen LogP contribution < -0.4 is 16.4 Å². The molecule has 2 amide bonds. The molecule has 0 aliphatic carbocycles. The summed E-state index contributed by atoms with van der Waals surface area (Å²) in [5.74, 6) is 0.535. The van der Waals surface area contributed by atoms with Gasteiger partial charge in [0.25, 0.3) is 0 Å². The molecule has 1 rings (SSSR count). The van der Waals surface area contributed by atoms with Gasteiger partial charge in [0, 0.05) is 18.3 Å². The second-order valence-corrected chi connectivity index (χ2v) is 5.12. The summed E-state index contributed by atoms with van der Waals surface area (Å²) in [6, 6.07) is 6.41. The first-order chi connectivity index (χ1) is 9.02. The van der Waals surface area contributed by atoms with Crippen LogP contribution in [0.25, 0.3) is 0 Å². The normalized spacial score (nSPS) is 11.2. The zero-order valence-electron chi connectivity index (χ0n) is 11.5. The average Bonchev–Trinajstić information content (AvgIpc) is 2.37. The molecule has 20 heavy (non-hydrogen) atoms. The number of carbonyl (C=O) groups excluding carboxylic acids is 2. The Balaban J connectivity index is 0.00000361. The van der Waals surface area contributed by atoms with E-state index in [4.69, 9.17) is 5.73 Å². The topological polar surface area (TPSA) is 84.2 Å². The Bertz CT molecular complexity index is 440. The minimum Gasteiger partial charge on any atom is -0.326 e. The van der Waals surface area contributed by atoms with Gasteiger partial charge in [-0.05, 0) is 42.7 Å². The Kier molecular flexibility index (Phi) is 9.03. The molecule has 0 bridgehead atoms. The average molecular weight is 318 g/mol. The first-order valence-corrected chi connectivity index (χ1v) is 7.35. The number of nitrogens with two attached hydrogens (primary N) is 1. The highest BCUT2D eigenvalue weighted by Crippen LogP contribution is 2.14. The highest BCUT2D eigenvalue weighted by molar-refractivity contribution is 7.98. The zero-order valence-corrected chi connectivity index (χ0v) is 13.1. The summed E-state index contributed by atoms with van der Waals surface area (Å²) in [6.45, 7) is 1.44. The van der Waals surface area contributed by atoms with E-state index in [1.165, 1.54) is 6.92 Å². The smallest absolute Gasteiger partial charge is 0.241 e. The van der Waals surface area contributed by atoms with E-state index in [-0.39, 0.29) is 24.2 Å². The first-order valence-electron chi connectivity index (χ1n) is 5.96. The number of thioether (sulfide) groups is 1. The standard InChI is InChI=1S/C13H19N3O2S.ClH/c1-9(17)15-10-3-5-11(6-4-10)16-13(18)12(14)7-8-19-2;/h3-6,12H,7-8,14H2,1-2H3,(H,15,17)(H,16,18);1H/t12-;/m0./s1. The fourth-order valence-corrected chi connectivity index (χ4v) is 1.94. The van der Waals surface area contributed by atoms with Gasteiger partial charge in [0.05, 0.1) is 6.04 Å². The molecule has 112 valence electrons. The minimum absolute atomic E-state index is 0. The molecule has 7 heteroatoms. The SMILES string of the molecule is CSCC[C@H](N)C(=O)Nc1ccc(NC(C)=O)cc1.Cl. The van der Waals surface area contributed by atoms with Crippen molar-refractivity contribution in [2.75, 3.05) is 22.6 Å². The van der Waals surface area contributed by atoms with Crippen LogP contribution in [0.5, 0.6) is 0 Å². The van der Waals surface area contributed by atoms with Crippen LogP contribution in [0.4, 0.5) is 11.4 Å². The maximum absolute atomic E-state index is 11.8. The Hall–Kier alpha value is -1.24. The summed E-state index contributed by atoms with van der Waals surface area (Å²) in [5.41, 5.74) is 7.12. The molecule has 0 heterocycles. The third-order valence-electron chi connectivity index (χ3n) is 2.44. The van der Waals surface area contributed by atoms with Crippen molar-refractivity contribution in [2.24, 2.45) is 5.73 Å². The number of rotatable bonds is 6. The molecule has 0 fully saturated rings. The molecule has 0 saturated carbocycles. The minimum atomic E-state index is -0.498. The lowest BCUT2D eigenvalue weighted by Crippen LogP contribution is -2.36. The Morgan fingerprint density at radius 3 is 2.15 bits per heavy atom. The van der Waals surface area contributed by atoms with E-state index in [2.05, 4.69) is 10.6 Å². The van der Waals surface area contributed by atoms with Crippen LogP contribution in [0, 0.1) is 0 Å². The van der Waals surface area contributed by atoms with Crippen LogP contribution in [0.3, 0.4) is 0 Å². The second kappa shape index (κ2) is 9.63. The summed E-state index contributed by atoms with van der Waals surface area (Å²) in [6.07, 6.45) is 2.63. The summed E-state index contributed by atoms with van der Waals surface area (Å²) >= 11 is 1.66. The Labute approximate surface area is 129 Å². The number of nitrogens with one attached hydrogen (secondary N) is 2. The molecule has 0 aliphatic rings. The molecule has 0 spiro atoms. The van der Waals surface area contributed by atoms with Crippen LogP contribution in [0.2, 0.25) is 0 Å². The van der Waals surface area contributed by atoms with Crippen molar-refractivity contribution in [2.45, 2.75) is 19.4 Å². The molecular formula is C13H20ClN3O2S. The van der Waals surface area contributed by atoms with Gasteiger partial charge >= 0.3 is 0 Å². The Morgan fingerprint density at radius 2 is 1.70 bits per heavy atom. The van der Waals surface area contributed by atoms with E-state index >= 15 is 0 Å². The quantitative estimate of drug-likeness (QED) is 0.750. The zero-order chi connectivity index (χ0) is 14.3. The van der Waals surface area contributed by atoms with Crippen LogP contribution in [-0.4, -0.2) is 29.9 Å². The van der Waals surface area contributed by atoms with Crippen molar-refractivity contribution < 1.29 is 9.59 Å². The lowest BCUT2D eigenvalue weighted by molar-refractivity contribution is -0.117. The van der Waals surface area contributed by atoms with Gasteiger partial charge in [0.2, 0.25) is 11.8 Å². The molecule has 0 unspecified atom stereocenters. The number of benzene rings is 1. The van der Waals surface area contributed by atoms with Gasteiger partial charge in [0.15, 0.2) is 0 Å². The maximum Gasteiger partial charge on any atom is 0.241 e. The molecule has 5 nitrogen and oxygen atoms in total. The number of carbonyl (C=O) groups is 2. The third-order valence-corrected chi connectivity index (χ3v) is 3.09. The summed E-state index contributed by atoms with van der Waals surface area (Å²) in [7, 11) is 0. The van der Waals surface area contributed by atoms with Crippen LogP contribution in [-0.2, 0) is 9.59 Å². The van der Waals surface area contributed by atoms with Crippen LogP contribution >= 0.6 is 24.2 Å². The molecule has 0 aliphatic heterocycles. The van der Waals surface area contributed by atoms with E-state index in [9.17, 15) is 9.59 Å². The molecule has 1 aromatic carbocycles. The summed E-state index contributed by atoms with van der Waals surface area (Å²) in [4.78, 5) is 22.6. The van der Waals surface area contributed by atoms with Crippen molar-refractivity contribution in [3.63, 3.8) is 0 Å². The fraction of sp³-hybridized carbons (Fsp3) is 0.385. The molecule has 0 aromatic heterocycles. The molecule has 1 aromatic rings. The molecule has 0 saturated heterocycles. The van der Waals surface area contributed by atoms with E-state index in [0.717, 1.165) is 5.75 Å². The monoisotopic (exact) mass is 317 g/mol. The number of hydrogen-bond donors (Lipinski definition) is 3. The van der Waals surface area contributed by atoms with Gasteiger partial charge in [-0.15, -0.1) is 12.4 Å². The van der Waals surface area contributed by atoms with E-state index < -0.39 is 6.04 Å². The van der Waals surface area contributed by atoms with E-state index in [1.54, 1.807) is 36.0 Å². The van der Waals surface area contributed by atoms with Crippen LogP contribution in [0.15, 0.2) is 24.3 Å². The van der Waals surface area contributed by atoms with Crippen LogP contribution in [0.1, 0.15) is 13.3 Å². The van der Waals surface area contributed by atoms with Crippen molar-refractivity contribution in [1.29, 1.82) is 0 Å². The van der Waals surface area contributed by atoms with Gasteiger partial charge < -0.3 is 16.4 Å². The maximum atomic E-state index is 11.8.